The first-order valence-corrected chi connectivity index (χ1v) is 6.38. The van der Waals surface area contributed by atoms with Gasteiger partial charge in [0.05, 0.1) is 5.92 Å². The predicted molar refractivity (Wildman–Crippen MR) is 73.0 cm³/mol. The van der Waals surface area contributed by atoms with Crippen molar-refractivity contribution in [2.45, 2.75) is 12.3 Å². The lowest BCUT2D eigenvalue weighted by Gasteiger charge is -2.25. The summed E-state index contributed by atoms with van der Waals surface area (Å²) in [7, 11) is 0. The van der Waals surface area contributed by atoms with Gasteiger partial charge < -0.3 is 5.32 Å². The van der Waals surface area contributed by atoms with E-state index in [0.717, 1.165) is 24.2 Å². The molecule has 1 unspecified atom stereocenters. The number of ketones is 1. The highest BCUT2D eigenvalue weighted by atomic mass is 19.1. The second kappa shape index (κ2) is 4.84. The van der Waals surface area contributed by atoms with Crippen LogP contribution in [0.5, 0.6) is 0 Å². The Balaban J connectivity index is 1.98. The van der Waals surface area contributed by atoms with Gasteiger partial charge in [-0.15, -0.1) is 0 Å². The van der Waals surface area contributed by atoms with E-state index in [4.69, 9.17) is 0 Å². The molecule has 1 aliphatic rings. The van der Waals surface area contributed by atoms with E-state index in [1.54, 1.807) is 12.1 Å². The molecule has 1 aliphatic heterocycles. The fraction of sp³-hybridized carbons (Fsp3) is 0.188. The SMILES string of the molecule is O=C(c1cccc(F)c1)C1CCNc2ccccc21. The number of fused-ring (bicyclic) bond motifs is 1. The first-order chi connectivity index (χ1) is 9.25. The molecule has 1 heterocycles. The number of carbonyl (C=O) groups excluding carboxylic acids is 1. The van der Waals surface area contributed by atoms with Crippen molar-refractivity contribution in [2.24, 2.45) is 0 Å². The zero-order valence-corrected chi connectivity index (χ0v) is 10.4. The van der Waals surface area contributed by atoms with Gasteiger partial charge in [0, 0.05) is 17.8 Å². The first-order valence-electron chi connectivity index (χ1n) is 6.38. The highest BCUT2D eigenvalue weighted by Crippen LogP contribution is 2.33. The smallest absolute Gasteiger partial charge is 0.170 e. The summed E-state index contributed by atoms with van der Waals surface area (Å²) in [5.74, 6) is -0.555. The maximum atomic E-state index is 13.2. The van der Waals surface area contributed by atoms with E-state index < -0.39 is 0 Å². The molecule has 96 valence electrons. The number of carbonyl (C=O) groups is 1. The average Bonchev–Trinajstić information content (AvgIpc) is 2.46. The molecular weight excluding hydrogens is 241 g/mol. The number of hydrogen-bond donors (Lipinski definition) is 1. The van der Waals surface area contributed by atoms with Crippen LogP contribution in [0.4, 0.5) is 10.1 Å². The van der Waals surface area contributed by atoms with Crippen molar-refractivity contribution >= 4 is 11.5 Å². The van der Waals surface area contributed by atoms with Gasteiger partial charge in [0.1, 0.15) is 5.82 Å². The third-order valence-electron chi connectivity index (χ3n) is 3.51. The minimum atomic E-state index is -0.368. The largest absolute Gasteiger partial charge is 0.385 e. The molecule has 1 atom stereocenters. The Labute approximate surface area is 111 Å². The van der Waals surface area contributed by atoms with Crippen LogP contribution in [0.3, 0.4) is 0 Å². The van der Waals surface area contributed by atoms with E-state index >= 15 is 0 Å². The summed E-state index contributed by atoms with van der Waals surface area (Å²) in [4.78, 5) is 12.5. The van der Waals surface area contributed by atoms with Gasteiger partial charge in [-0.25, -0.2) is 4.39 Å². The summed E-state index contributed by atoms with van der Waals surface area (Å²) >= 11 is 0. The first kappa shape index (κ1) is 11.9. The van der Waals surface area contributed by atoms with Crippen molar-refractivity contribution in [1.82, 2.24) is 0 Å². The van der Waals surface area contributed by atoms with Crippen LogP contribution in [0.2, 0.25) is 0 Å². The summed E-state index contributed by atoms with van der Waals surface area (Å²) in [6.45, 7) is 0.767. The van der Waals surface area contributed by atoms with Crippen molar-refractivity contribution < 1.29 is 9.18 Å². The zero-order valence-electron chi connectivity index (χ0n) is 10.4. The van der Waals surface area contributed by atoms with Crippen LogP contribution in [0, 0.1) is 5.82 Å². The molecule has 3 heteroatoms. The van der Waals surface area contributed by atoms with Crippen molar-refractivity contribution in [3.63, 3.8) is 0 Å². The Morgan fingerprint density at radius 2 is 2.00 bits per heavy atom. The maximum Gasteiger partial charge on any atom is 0.170 e. The van der Waals surface area contributed by atoms with Crippen molar-refractivity contribution in [3.05, 3.63) is 65.5 Å². The van der Waals surface area contributed by atoms with Crippen LogP contribution in [0.1, 0.15) is 28.3 Å². The van der Waals surface area contributed by atoms with E-state index in [9.17, 15) is 9.18 Å². The summed E-state index contributed by atoms with van der Waals surface area (Å²) in [5, 5.41) is 3.28. The molecule has 2 aromatic rings. The zero-order chi connectivity index (χ0) is 13.2. The molecule has 19 heavy (non-hydrogen) atoms. The summed E-state index contributed by atoms with van der Waals surface area (Å²) in [6.07, 6.45) is 0.742. The Kier molecular flexibility index (Phi) is 3.03. The fourth-order valence-electron chi connectivity index (χ4n) is 2.58. The lowest BCUT2D eigenvalue weighted by molar-refractivity contribution is 0.0955. The van der Waals surface area contributed by atoms with Crippen LogP contribution in [0.25, 0.3) is 0 Å². The van der Waals surface area contributed by atoms with E-state index in [2.05, 4.69) is 5.32 Å². The molecule has 0 amide bonds. The van der Waals surface area contributed by atoms with Gasteiger partial charge >= 0.3 is 0 Å². The highest BCUT2D eigenvalue weighted by molar-refractivity contribution is 6.02. The second-order valence-corrected chi connectivity index (χ2v) is 4.73. The Morgan fingerprint density at radius 1 is 1.16 bits per heavy atom. The molecule has 0 saturated heterocycles. The van der Waals surface area contributed by atoms with E-state index in [-0.39, 0.29) is 17.5 Å². The number of para-hydroxylation sites is 1. The topological polar surface area (TPSA) is 29.1 Å². The van der Waals surface area contributed by atoms with Gasteiger partial charge in [-0.1, -0.05) is 30.3 Å². The predicted octanol–water partition coefficient (Wildman–Crippen LogP) is 3.61. The Morgan fingerprint density at radius 3 is 2.84 bits per heavy atom. The third-order valence-corrected chi connectivity index (χ3v) is 3.51. The molecule has 0 aliphatic carbocycles. The van der Waals surface area contributed by atoms with E-state index in [1.165, 1.54) is 12.1 Å². The van der Waals surface area contributed by atoms with Gasteiger partial charge in [-0.3, -0.25) is 4.79 Å². The maximum absolute atomic E-state index is 13.2. The molecule has 2 aromatic carbocycles. The van der Waals surface area contributed by atoms with Crippen LogP contribution in [0.15, 0.2) is 48.5 Å². The second-order valence-electron chi connectivity index (χ2n) is 4.73. The number of anilines is 1. The molecule has 1 N–H and O–H groups in total. The Hall–Kier alpha value is -2.16. The van der Waals surface area contributed by atoms with Gasteiger partial charge in [-0.2, -0.15) is 0 Å². The van der Waals surface area contributed by atoms with Gasteiger partial charge in [0.15, 0.2) is 5.78 Å². The number of rotatable bonds is 2. The minimum Gasteiger partial charge on any atom is -0.385 e. The van der Waals surface area contributed by atoms with Crippen molar-refractivity contribution in [3.8, 4) is 0 Å². The standard InChI is InChI=1S/C16H14FNO/c17-12-5-3-4-11(10-12)16(19)14-8-9-18-15-7-2-1-6-13(14)15/h1-7,10,14,18H,8-9H2. The number of benzene rings is 2. The normalized spacial score (nSPS) is 17.4. The molecule has 0 fully saturated rings. The summed E-state index contributed by atoms with van der Waals surface area (Å²) < 4.78 is 13.2. The lowest BCUT2D eigenvalue weighted by Crippen LogP contribution is -2.23. The summed E-state index contributed by atoms with van der Waals surface area (Å²) in [5.41, 5.74) is 2.45. The van der Waals surface area contributed by atoms with Gasteiger partial charge in [-0.05, 0) is 30.2 Å². The number of halogens is 1. The molecule has 0 spiro atoms. The number of nitrogens with one attached hydrogen (secondary N) is 1. The Bertz CT molecular complexity index is 624. The van der Waals surface area contributed by atoms with Crippen LogP contribution >= 0.6 is 0 Å². The van der Waals surface area contributed by atoms with Crippen LogP contribution in [-0.4, -0.2) is 12.3 Å². The molecule has 0 saturated carbocycles. The molecule has 0 aromatic heterocycles. The van der Waals surface area contributed by atoms with Gasteiger partial charge in [0.25, 0.3) is 0 Å². The molecular formula is C16H14FNO. The minimum absolute atomic E-state index is 0.00606. The quantitative estimate of drug-likeness (QED) is 0.831. The summed E-state index contributed by atoms with van der Waals surface area (Å²) in [6, 6.07) is 13.7. The monoisotopic (exact) mass is 255 g/mol. The lowest BCUT2D eigenvalue weighted by atomic mass is 9.85. The number of hydrogen-bond acceptors (Lipinski definition) is 2. The van der Waals surface area contributed by atoms with Crippen molar-refractivity contribution in [1.29, 1.82) is 0 Å². The van der Waals surface area contributed by atoms with Crippen LogP contribution in [-0.2, 0) is 0 Å². The number of Topliss-reactive ketones (excluding diaryl/α,β-unsaturated/α-hetero) is 1. The van der Waals surface area contributed by atoms with Gasteiger partial charge in [0.2, 0.25) is 0 Å². The fourth-order valence-corrected chi connectivity index (χ4v) is 2.58. The van der Waals surface area contributed by atoms with E-state index in [0.29, 0.717) is 5.56 Å². The molecule has 2 nitrogen and oxygen atoms in total. The average molecular weight is 255 g/mol. The van der Waals surface area contributed by atoms with Crippen LogP contribution < -0.4 is 5.32 Å². The molecule has 0 radical (unpaired) electrons. The third kappa shape index (κ3) is 2.24. The van der Waals surface area contributed by atoms with E-state index in [1.807, 2.05) is 24.3 Å². The highest BCUT2D eigenvalue weighted by Gasteiger charge is 2.26. The molecule has 3 rings (SSSR count). The molecule has 0 bridgehead atoms. The van der Waals surface area contributed by atoms with Crippen molar-refractivity contribution in [2.75, 3.05) is 11.9 Å².